The molecular weight excluding hydrogens is 412 g/mol. The molecule has 4 rings (SSSR count). The van der Waals surface area contributed by atoms with E-state index in [1.54, 1.807) is 24.4 Å². The van der Waals surface area contributed by atoms with Crippen molar-refractivity contribution in [2.24, 2.45) is 0 Å². The Balaban J connectivity index is 1.56. The summed E-state index contributed by atoms with van der Waals surface area (Å²) in [5.74, 6) is 0.645. The first-order valence-corrected chi connectivity index (χ1v) is 11.5. The molecule has 0 saturated carbocycles. The lowest BCUT2D eigenvalue weighted by Gasteiger charge is -2.16. The van der Waals surface area contributed by atoms with E-state index in [-0.39, 0.29) is 29.9 Å². The number of pyridine rings is 1. The molecule has 0 spiro atoms. The molecule has 1 aliphatic rings. The number of aromatic nitrogens is 2. The van der Waals surface area contributed by atoms with E-state index < -0.39 is 9.84 Å². The van der Waals surface area contributed by atoms with Crippen LogP contribution in [-0.2, 0) is 9.84 Å². The van der Waals surface area contributed by atoms with Gasteiger partial charge in [-0.05, 0) is 50.6 Å². The van der Waals surface area contributed by atoms with Gasteiger partial charge in [0, 0.05) is 34.6 Å². The summed E-state index contributed by atoms with van der Waals surface area (Å²) in [6.07, 6.45) is 2.22. The van der Waals surface area contributed by atoms with Crippen molar-refractivity contribution in [2.45, 2.75) is 26.3 Å². The van der Waals surface area contributed by atoms with Crippen molar-refractivity contribution in [2.75, 3.05) is 18.1 Å². The van der Waals surface area contributed by atoms with Gasteiger partial charge in [-0.25, -0.2) is 8.42 Å². The quantitative estimate of drug-likeness (QED) is 0.571. The van der Waals surface area contributed by atoms with Crippen molar-refractivity contribution in [3.05, 3.63) is 58.5 Å². The number of ether oxygens (including phenoxy) is 1. The number of nitrogens with zero attached hydrogens (tertiary/aromatic N) is 2. The van der Waals surface area contributed by atoms with E-state index in [9.17, 15) is 13.2 Å². The molecule has 8 heteroatoms. The second-order valence-corrected chi connectivity index (χ2v) is 10.0. The molecular formula is C21H21ClN2O4S. The number of Topliss-reactive ketones (excluding diaryl/α,β-unsaturated/α-hetero) is 1. The minimum Gasteiger partial charge on any atom is -0.483 e. The zero-order chi connectivity index (χ0) is 20.8. The van der Waals surface area contributed by atoms with Crippen LogP contribution in [0.3, 0.4) is 0 Å². The Morgan fingerprint density at radius 3 is 2.83 bits per heavy atom. The molecule has 0 bridgehead atoms. The molecule has 3 aromatic rings. The Kier molecular flexibility index (Phi) is 5.12. The van der Waals surface area contributed by atoms with Gasteiger partial charge < -0.3 is 9.30 Å². The number of ketones is 1. The van der Waals surface area contributed by atoms with Gasteiger partial charge in [0.25, 0.3) is 0 Å². The maximum absolute atomic E-state index is 12.8. The summed E-state index contributed by atoms with van der Waals surface area (Å²) < 4.78 is 31.5. The van der Waals surface area contributed by atoms with Gasteiger partial charge in [0.2, 0.25) is 5.78 Å². The number of carbonyl (C=O) groups excluding carboxylic acids is 1. The van der Waals surface area contributed by atoms with E-state index in [0.717, 1.165) is 16.8 Å². The third kappa shape index (κ3) is 3.76. The van der Waals surface area contributed by atoms with Crippen molar-refractivity contribution in [3.63, 3.8) is 0 Å². The molecule has 152 valence electrons. The van der Waals surface area contributed by atoms with E-state index in [2.05, 4.69) is 4.98 Å². The molecule has 29 heavy (non-hydrogen) atoms. The molecule has 0 aliphatic carbocycles. The topological polar surface area (TPSA) is 78.3 Å². The largest absolute Gasteiger partial charge is 0.483 e. The Morgan fingerprint density at radius 1 is 1.31 bits per heavy atom. The average molecular weight is 433 g/mol. The zero-order valence-electron chi connectivity index (χ0n) is 16.2. The molecule has 1 atom stereocenters. The van der Waals surface area contributed by atoms with Crippen LogP contribution < -0.4 is 4.74 Å². The molecule has 0 unspecified atom stereocenters. The van der Waals surface area contributed by atoms with Crippen molar-refractivity contribution in [1.82, 2.24) is 9.55 Å². The van der Waals surface area contributed by atoms with Gasteiger partial charge in [-0.3, -0.25) is 9.78 Å². The highest BCUT2D eigenvalue weighted by atomic mass is 35.5. The molecule has 0 amide bonds. The third-order valence-corrected chi connectivity index (χ3v) is 7.48. The zero-order valence-corrected chi connectivity index (χ0v) is 17.8. The number of aryl methyl sites for hydroxylation is 1. The second-order valence-electron chi connectivity index (χ2n) is 7.37. The molecule has 1 fully saturated rings. The summed E-state index contributed by atoms with van der Waals surface area (Å²) in [6, 6.07) is 8.76. The van der Waals surface area contributed by atoms with Gasteiger partial charge in [-0.2, -0.15) is 0 Å². The standard InChI is InChI=1S/C21H21ClN2O4S/c1-13-10-17(14(2)24(13)15-7-9-29(26,27)12-15)19(25)11-28-20-6-5-18(22)16-4-3-8-23-21(16)20/h3-6,8,10,15H,7,9,11-12H2,1-2H3/t15-/m1/s1. The maximum atomic E-state index is 12.8. The Labute approximate surface area is 174 Å². The van der Waals surface area contributed by atoms with Gasteiger partial charge in [0.05, 0.1) is 16.5 Å². The highest BCUT2D eigenvalue weighted by Crippen LogP contribution is 2.31. The van der Waals surface area contributed by atoms with Crippen molar-refractivity contribution in [3.8, 4) is 5.75 Å². The summed E-state index contributed by atoms with van der Waals surface area (Å²) in [6.45, 7) is 3.61. The molecule has 3 heterocycles. The number of halogens is 1. The lowest BCUT2D eigenvalue weighted by molar-refractivity contribution is 0.0921. The second kappa shape index (κ2) is 7.46. The van der Waals surface area contributed by atoms with E-state index >= 15 is 0 Å². The summed E-state index contributed by atoms with van der Waals surface area (Å²) in [5, 5.41) is 1.33. The van der Waals surface area contributed by atoms with Gasteiger partial charge >= 0.3 is 0 Å². The normalized spacial score (nSPS) is 18.2. The van der Waals surface area contributed by atoms with Crippen LogP contribution in [0.4, 0.5) is 0 Å². The number of hydrogen-bond donors (Lipinski definition) is 0. The predicted octanol–water partition coefficient (Wildman–Crippen LogP) is 3.93. The van der Waals surface area contributed by atoms with E-state index in [0.29, 0.717) is 28.3 Å². The van der Waals surface area contributed by atoms with Gasteiger partial charge in [0.1, 0.15) is 11.3 Å². The lowest BCUT2D eigenvalue weighted by Crippen LogP contribution is -2.16. The van der Waals surface area contributed by atoms with Gasteiger partial charge in [-0.1, -0.05) is 11.6 Å². The number of hydrogen-bond acceptors (Lipinski definition) is 5. The maximum Gasteiger partial charge on any atom is 0.202 e. The first-order valence-electron chi connectivity index (χ1n) is 9.35. The number of sulfone groups is 1. The summed E-state index contributed by atoms with van der Waals surface area (Å²) >= 11 is 6.20. The van der Waals surface area contributed by atoms with E-state index in [1.807, 2.05) is 30.5 Å². The molecule has 1 aromatic carbocycles. The van der Waals surface area contributed by atoms with Crippen LogP contribution in [0, 0.1) is 13.8 Å². The van der Waals surface area contributed by atoms with Crippen LogP contribution >= 0.6 is 11.6 Å². The summed E-state index contributed by atoms with van der Waals surface area (Å²) in [5.41, 5.74) is 2.82. The smallest absolute Gasteiger partial charge is 0.202 e. The van der Waals surface area contributed by atoms with Gasteiger partial charge in [-0.15, -0.1) is 0 Å². The van der Waals surface area contributed by atoms with Crippen LogP contribution in [0.2, 0.25) is 5.02 Å². The molecule has 0 N–H and O–H groups in total. The monoisotopic (exact) mass is 432 g/mol. The highest BCUT2D eigenvalue weighted by Gasteiger charge is 2.31. The summed E-state index contributed by atoms with van der Waals surface area (Å²) in [4.78, 5) is 17.2. The first kappa shape index (κ1) is 19.9. The third-order valence-electron chi connectivity index (χ3n) is 5.40. The number of fused-ring (bicyclic) bond motifs is 1. The molecule has 2 aromatic heterocycles. The van der Waals surface area contributed by atoms with Crippen molar-refractivity contribution >= 4 is 38.1 Å². The van der Waals surface area contributed by atoms with Crippen LogP contribution in [0.25, 0.3) is 10.9 Å². The molecule has 0 radical (unpaired) electrons. The van der Waals surface area contributed by atoms with Crippen molar-refractivity contribution < 1.29 is 17.9 Å². The minimum atomic E-state index is -3.01. The van der Waals surface area contributed by atoms with Crippen LogP contribution in [0.15, 0.2) is 36.5 Å². The fourth-order valence-electron chi connectivity index (χ4n) is 4.05. The predicted molar refractivity (Wildman–Crippen MR) is 113 cm³/mol. The van der Waals surface area contributed by atoms with Crippen molar-refractivity contribution in [1.29, 1.82) is 0 Å². The molecule has 6 nitrogen and oxygen atoms in total. The Bertz CT molecular complexity index is 1220. The number of benzene rings is 1. The van der Waals surface area contributed by atoms with Gasteiger partial charge in [0.15, 0.2) is 16.4 Å². The van der Waals surface area contributed by atoms with Crippen LogP contribution in [0.1, 0.15) is 34.2 Å². The molecule has 1 saturated heterocycles. The first-order chi connectivity index (χ1) is 13.8. The SMILES string of the molecule is Cc1cc(C(=O)COc2ccc(Cl)c3cccnc23)c(C)n1[C@@H]1CCS(=O)(=O)C1. The fourth-order valence-corrected chi connectivity index (χ4v) is 5.97. The van der Waals surface area contributed by atoms with Crippen LogP contribution in [-0.4, -0.2) is 41.9 Å². The van der Waals surface area contributed by atoms with Crippen LogP contribution in [0.5, 0.6) is 5.75 Å². The molecule has 1 aliphatic heterocycles. The highest BCUT2D eigenvalue weighted by molar-refractivity contribution is 7.91. The number of rotatable bonds is 5. The minimum absolute atomic E-state index is 0.119. The summed E-state index contributed by atoms with van der Waals surface area (Å²) in [7, 11) is -3.01. The fraction of sp³-hybridized carbons (Fsp3) is 0.333. The van der Waals surface area contributed by atoms with E-state index in [4.69, 9.17) is 16.3 Å². The van der Waals surface area contributed by atoms with E-state index in [1.165, 1.54) is 0 Å². The Hall–Kier alpha value is -2.38. The Morgan fingerprint density at radius 2 is 2.10 bits per heavy atom. The number of carbonyl (C=O) groups is 1. The average Bonchev–Trinajstić information content (AvgIpc) is 3.19. The lowest BCUT2D eigenvalue weighted by atomic mass is 10.1.